The molecule has 1 aliphatic rings. The number of aryl methyl sites for hydroxylation is 1. The van der Waals surface area contributed by atoms with Gasteiger partial charge in [0.2, 0.25) is 0 Å². The third-order valence-electron chi connectivity index (χ3n) is 2.97. The molecule has 0 unspecified atom stereocenters. The minimum Gasteiger partial charge on any atom is -0.486 e. The predicted molar refractivity (Wildman–Crippen MR) is 80.6 cm³/mol. The summed E-state index contributed by atoms with van der Waals surface area (Å²) in [6.07, 6.45) is 0. The molecule has 0 fully saturated rings. The SMILES string of the molecule is Cc1ccc(C(=O)OCc2cc(Cl)c3c(c2)OCCO3)s1. The highest BCUT2D eigenvalue weighted by Gasteiger charge is 2.17. The number of rotatable bonds is 3. The summed E-state index contributed by atoms with van der Waals surface area (Å²) < 4.78 is 16.2. The Balaban J connectivity index is 1.71. The summed E-state index contributed by atoms with van der Waals surface area (Å²) >= 11 is 7.55. The summed E-state index contributed by atoms with van der Waals surface area (Å²) in [4.78, 5) is 13.6. The third kappa shape index (κ3) is 3.14. The zero-order chi connectivity index (χ0) is 14.8. The molecular weight excluding hydrogens is 312 g/mol. The largest absolute Gasteiger partial charge is 0.486 e. The van der Waals surface area contributed by atoms with Crippen LogP contribution in [0.5, 0.6) is 11.5 Å². The van der Waals surface area contributed by atoms with E-state index in [0.717, 1.165) is 10.4 Å². The van der Waals surface area contributed by atoms with Gasteiger partial charge in [-0.25, -0.2) is 4.79 Å². The van der Waals surface area contributed by atoms with Crippen molar-refractivity contribution in [1.82, 2.24) is 0 Å². The molecule has 3 rings (SSSR count). The highest BCUT2D eigenvalue weighted by molar-refractivity contribution is 7.13. The Morgan fingerprint density at radius 3 is 2.90 bits per heavy atom. The van der Waals surface area contributed by atoms with Crippen LogP contribution in [0.1, 0.15) is 20.1 Å². The van der Waals surface area contributed by atoms with Gasteiger partial charge in [-0.05, 0) is 36.8 Å². The van der Waals surface area contributed by atoms with Crippen molar-refractivity contribution in [1.29, 1.82) is 0 Å². The molecule has 0 radical (unpaired) electrons. The molecule has 2 aromatic rings. The molecule has 0 atom stereocenters. The van der Waals surface area contributed by atoms with E-state index in [9.17, 15) is 4.79 Å². The fourth-order valence-electron chi connectivity index (χ4n) is 2.01. The van der Waals surface area contributed by atoms with Crippen LogP contribution in [0.25, 0.3) is 0 Å². The second-order valence-corrected chi connectivity index (χ2v) is 6.28. The van der Waals surface area contributed by atoms with Crippen LogP contribution in [0.4, 0.5) is 0 Å². The highest BCUT2D eigenvalue weighted by atomic mass is 35.5. The van der Waals surface area contributed by atoms with E-state index in [1.165, 1.54) is 11.3 Å². The Hall–Kier alpha value is -1.72. The average Bonchev–Trinajstić information content (AvgIpc) is 2.91. The summed E-state index contributed by atoms with van der Waals surface area (Å²) in [5, 5.41) is 0.463. The molecule has 110 valence electrons. The highest BCUT2D eigenvalue weighted by Crippen LogP contribution is 2.38. The molecule has 21 heavy (non-hydrogen) atoms. The van der Waals surface area contributed by atoms with Crippen molar-refractivity contribution in [3.05, 3.63) is 44.6 Å². The van der Waals surface area contributed by atoms with Gasteiger partial charge in [-0.15, -0.1) is 11.3 Å². The van der Waals surface area contributed by atoms with Crippen LogP contribution in [0, 0.1) is 6.92 Å². The van der Waals surface area contributed by atoms with Gasteiger partial charge in [0.25, 0.3) is 0 Å². The summed E-state index contributed by atoms with van der Waals surface area (Å²) in [6.45, 7) is 3.06. The maximum atomic E-state index is 11.9. The van der Waals surface area contributed by atoms with Crippen molar-refractivity contribution in [3.8, 4) is 11.5 Å². The number of halogens is 1. The van der Waals surface area contributed by atoms with Gasteiger partial charge in [0, 0.05) is 4.88 Å². The van der Waals surface area contributed by atoms with Crippen molar-refractivity contribution in [3.63, 3.8) is 0 Å². The Bertz CT molecular complexity index is 680. The minimum absolute atomic E-state index is 0.145. The van der Waals surface area contributed by atoms with Gasteiger partial charge < -0.3 is 14.2 Å². The second-order valence-electron chi connectivity index (χ2n) is 4.59. The van der Waals surface area contributed by atoms with Crippen LogP contribution in [-0.2, 0) is 11.3 Å². The molecule has 0 amide bonds. The van der Waals surface area contributed by atoms with Gasteiger partial charge in [0.15, 0.2) is 11.5 Å². The standard InChI is InChI=1S/C15H13ClO4S/c1-9-2-3-13(21-9)15(17)20-8-10-6-11(16)14-12(7-10)18-4-5-19-14/h2-3,6-7H,4-5,8H2,1H3. The molecule has 1 aromatic carbocycles. The summed E-state index contributed by atoms with van der Waals surface area (Å²) in [5.74, 6) is 0.803. The van der Waals surface area contributed by atoms with Gasteiger partial charge in [0.05, 0.1) is 5.02 Å². The second kappa shape index (κ2) is 5.95. The monoisotopic (exact) mass is 324 g/mol. The maximum absolute atomic E-state index is 11.9. The molecule has 0 bridgehead atoms. The topological polar surface area (TPSA) is 44.8 Å². The number of ether oxygens (including phenoxy) is 3. The van der Waals surface area contributed by atoms with Gasteiger partial charge in [0.1, 0.15) is 24.7 Å². The summed E-state index contributed by atoms with van der Waals surface area (Å²) in [7, 11) is 0. The number of esters is 1. The zero-order valence-electron chi connectivity index (χ0n) is 11.3. The van der Waals surface area contributed by atoms with Crippen LogP contribution < -0.4 is 9.47 Å². The van der Waals surface area contributed by atoms with E-state index in [4.69, 9.17) is 25.8 Å². The van der Waals surface area contributed by atoms with E-state index < -0.39 is 0 Å². The number of hydrogen-bond donors (Lipinski definition) is 0. The molecule has 0 N–H and O–H groups in total. The Morgan fingerprint density at radius 1 is 1.33 bits per heavy atom. The molecule has 0 spiro atoms. The van der Waals surface area contributed by atoms with E-state index in [1.54, 1.807) is 18.2 Å². The lowest BCUT2D eigenvalue weighted by Crippen LogP contribution is -2.16. The molecule has 0 saturated heterocycles. The van der Waals surface area contributed by atoms with E-state index in [1.807, 2.05) is 13.0 Å². The number of carbonyl (C=O) groups is 1. The van der Waals surface area contributed by atoms with E-state index >= 15 is 0 Å². The summed E-state index contributed by atoms with van der Waals surface area (Å²) in [6, 6.07) is 7.16. The van der Waals surface area contributed by atoms with Crippen molar-refractivity contribution in [2.75, 3.05) is 13.2 Å². The van der Waals surface area contributed by atoms with Crippen LogP contribution in [0.2, 0.25) is 5.02 Å². The smallest absolute Gasteiger partial charge is 0.348 e. The van der Waals surface area contributed by atoms with Crippen molar-refractivity contribution >= 4 is 28.9 Å². The number of benzene rings is 1. The summed E-state index contributed by atoms with van der Waals surface area (Å²) in [5.41, 5.74) is 0.769. The average molecular weight is 325 g/mol. The molecule has 1 aliphatic heterocycles. The van der Waals surface area contributed by atoms with E-state index in [2.05, 4.69) is 0 Å². The van der Waals surface area contributed by atoms with Crippen molar-refractivity contribution in [2.45, 2.75) is 13.5 Å². The van der Waals surface area contributed by atoms with Crippen molar-refractivity contribution in [2.24, 2.45) is 0 Å². The first kappa shape index (κ1) is 14.2. The predicted octanol–water partition coefficient (Wildman–Crippen LogP) is 3.84. The van der Waals surface area contributed by atoms with Gasteiger partial charge in [-0.2, -0.15) is 0 Å². The maximum Gasteiger partial charge on any atom is 0.348 e. The lowest BCUT2D eigenvalue weighted by atomic mass is 10.2. The van der Waals surface area contributed by atoms with Crippen LogP contribution in [0.3, 0.4) is 0 Å². The van der Waals surface area contributed by atoms with Crippen LogP contribution in [0.15, 0.2) is 24.3 Å². The molecular formula is C15H13ClO4S. The van der Waals surface area contributed by atoms with Gasteiger partial charge in [-0.3, -0.25) is 0 Å². The normalized spacial score (nSPS) is 13.0. The fraction of sp³-hybridized carbons (Fsp3) is 0.267. The van der Waals surface area contributed by atoms with Crippen LogP contribution >= 0.6 is 22.9 Å². The van der Waals surface area contributed by atoms with Crippen molar-refractivity contribution < 1.29 is 19.0 Å². The molecule has 0 aliphatic carbocycles. The van der Waals surface area contributed by atoms with E-state index in [-0.39, 0.29) is 12.6 Å². The number of thiophene rings is 1. The minimum atomic E-state index is -0.334. The number of hydrogen-bond acceptors (Lipinski definition) is 5. The first-order valence-electron chi connectivity index (χ1n) is 6.45. The van der Waals surface area contributed by atoms with Crippen LogP contribution in [-0.4, -0.2) is 19.2 Å². The first-order valence-corrected chi connectivity index (χ1v) is 7.64. The molecule has 0 saturated carbocycles. The van der Waals surface area contributed by atoms with E-state index in [0.29, 0.717) is 34.6 Å². The fourth-order valence-corrected chi connectivity index (χ4v) is 3.06. The molecule has 6 heteroatoms. The molecule has 1 aromatic heterocycles. The lowest BCUT2D eigenvalue weighted by molar-refractivity contribution is 0.0478. The van der Waals surface area contributed by atoms with Gasteiger partial charge in [-0.1, -0.05) is 11.6 Å². The molecule has 2 heterocycles. The van der Waals surface area contributed by atoms with Gasteiger partial charge >= 0.3 is 5.97 Å². The Kier molecular flexibility index (Phi) is 4.03. The Labute approximate surface area is 131 Å². The number of carbonyl (C=O) groups excluding carboxylic acids is 1. The zero-order valence-corrected chi connectivity index (χ0v) is 12.9. The quantitative estimate of drug-likeness (QED) is 0.805. The first-order chi connectivity index (χ1) is 10.1. The Morgan fingerprint density at radius 2 is 2.14 bits per heavy atom. The lowest BCUT2D eigenvalue weighted by Gasteiger charge is -2.20. The molecule has 4 nitrogen and oxygen atoms in total. The third-order valence-corrected chi connectivity index (χ3v) is 4.23. The number of fused-ring (bicyclic) bond motifs is 1.